The highest BCUT2D eigenvalue weighted by molar-refractivity contribution is 5.29. The predicted molar refractivity (Wildman–Crippen MR) is 108 cm³/mol. The molecule has 25 heavy (non-hydrogen) atoms. The number of benzene rings is 1. The lowest BCUT2D eigenvalue weighted by molar-refractivity contribution is -0.116. The third-order valence-electron chi connectivity index (χ3n) is 4.84. The zero-order valence-electron chi connectivity index (χ0n) is 17.4. The molecule has 1 aromatic carbocycles. The lowest BCUT2D eigenvalue weighted by Gasteiger charge is -2.26. The molecule has 2 unspecified atom stereocenters. The third kappa shape index (κ3) is 8.27. The molecule has 0 N–H and O–H groups in total. The van der Waals surface area contributed by atoms with Crippen LogP contribution in [0.4, 0.5) is 0 Å². The van der Waals surface area contributed by atoms with Crippen molar-refractivity contribution in [3.05, 3.63) is 29.8 Å². The Bertz CT molecular complexity index is 432. The fourth-order valence-electron chi connectivity index (χ4n) is 3.62. The summed E-state index contributed by atoms with van der Waals surface area (Å²) < 4.78 is 12.0. The van der Waals surface area contributed by atoms with E-state index in [1.807, 2.05) is 20.8 Å². The Hall–Kier alpha value is -1.02. The first-order chi connectivity index (χ1) is 12.1. The highest BCUT2D eigenvalue weighted by atomic mass is 16.7. The average molecular weight is 349 g/mol. The zero-order valence-corrected chi connectivity index (χ0v) is 17.4. The number of rotatable bonds is 8. The van der Waals surface area contributed by atoms with Crippen molar-refractivity contribution < 1.29 is 9.47 Å². The van der Waals surface area contributed by atoms with Gasteiger partial charge in [-0.05, 0) is 62.1 Å². The van der Waals surface area contributed by atoms with E-state index in [1.54, 1.807) is 0 Å². The van der Waals surface area contributed by atoms with E-state index < -0.39 is 0 Å². The van der Waals surface area contributed by atoms with Crippen LogP contribution in [0, 0.1) is 5.92 Å². The second-order valence-corrected chi connectivity index (χ2v) is 7.39. The molecule has 0 aliphatic heterocycles. The summed E-state index contributed by atoms with van der Waals surface area (Å²) >= 11 is 0. The number of hydrogen-bond donors (Lipinski definition) is 0. The summed E-state index contributed by atoms with van der Waals surface area (Å²) in [7, 11) is 0. The molecule has 1 aromatic rings. The first-order valence-electron chi connectivity index (χ1n) is 10.5. The van der Waals surface area contributed by atoms with Gasteiger partial charge >= 0.3 is 0 Å². The van der Waals surface area contributed by atoms with E-state index in [-0.39, 0.29) is 6.29 Å². The summed E-state index contributed by atoms with van der Waals surface area (Å²) in [6.07, 6.45) is 8.96. The van der Waals surface area contributed by atoms with Crippen LogP contribution in [-0.2, 0) is 4.74 Å². The normalized spacial score (nSPS) is 17.6. The topological polar surface area (TPSA) is 18.5 Å². The van der Waals surface area contributed by atoms with E-state index >= 15 is 0 Å². The van der Waals surface area contributed by atoms with Crippen LogP contribution in [0.1, 0.15) is 98.0 Å². The Morgan fingerprint density at radius 1 is 0.960 bits per heavy atom. The summed E-state index contributed by atoms with van der Waals surface area (Å²) in [4.78, 5) is 0. The first-order valence-corrected chi connectivity index (χ1v) is 10.5. The van der Waals surface area contributed by atoms with Gasteiger partial charge in [0.2, 0.25) is 0 Å². The van der Waals surface area contributed by atoms with E-state index in [4.69, 9.17) is 9.47 Å². The van der Waals surface area contributed by atoms with Crippen molar-refractivity contribution in [3.8, 4) is 5.75 Å². The van der Waals surface area contributed by atoms with Gasteiger partial charge in [-0.3, -0.25) is 0 Å². The Morgan fingerprint density at radius 2 is 1.56 bits per heavy atom. The summed E-state index contributed by atoms with van der Waals surface area (Å²) in [5.41, 5.74) is 1.43. The van der Waals surface area contributed by atoms with Crippen LogP contribution in [0.5, 0.6) is 5.75 Å². The van der Waals surface area contributed by atoms with Gasteiger partial charge in [-0.1, -0.05) is 66.0 Å². The third-order valence-corrected chi connectivity index (χ3v) is 4.84. The molecule has 1 saturated carbocycles. The van der Waals surface area contributed by atoms with Gasteiger partial charge < -0.3 is 9.47 Å². The number of ether oxygens (including phenoxy) is 2. The summed E-state index contributed by atoms with van der Waals surface area (Å²) in [6.45, 7) is 12.9. The van der Waals surface area contributed by atoms with Crippen LogP contribution >= 0.6 is 0 Å². The molecule has 0 bridgehead atoms. The fraction of sp³-hybridized carbons (Fsp3) is 0.739. The molecule has 2 heteroatoms. The molecular formula is C23H40O2. The van der Waals surface area contributed by atoms with Gasteiger partial charge in [-0.2, -0.15) is 0 Å². The maximum Gasteiger partial charge on any atom is 0.197 e. The molecular weight excluding hydrogens is 308 g/mol. The molecule has 0 saturated heterocycles. The van der Waals surface area contributed by atoms with Crippen molar-refractivity contribution in [2.75, 3.05) is 0 Å². The van der Waals surface area contributed by atoms with Crippen molar-refractivity contribution in [1.29, 1.82) is 0 Å². The molecule has 0 spiro atoms. The Morgan fingerprint density at radius 3 is 2.08 bits per heavy atom. The molecule has 2 nitrogen and oxygen atoms in total. The fourth-order valence-corrected chi connectivity index (χ4v) is 3.62. The van der Waals surface area contributed by atoms with Crippen molar-refractivity contribution in [3.63, 3.8) is 0 Å². The lowest BCUT2D eigenvalue weighted by atomic mass is 9.88. The minimum Gasteiger partial charge on any atom is -0.465 e. The minimum atomic E-state index is -0.165. The molecule has 2 rings (SSSR count). The van der Waals surface area contributed by atoms with E-state index in [2.05, 4.69) is 45.0 Å². The monoisotopic (exact) mass is 348 g/mol. The predicted octanol–water partition coefficient (Wildman–Crippen LogP) is 7.33. The maximum atomic E-state index is 6.02. The molecule has 1 fully saturated rings. The van der Waals surface area contributed by atoms with Gasteiger partial charge in [-0.25, -0.2) is 0 Å². The largest absolute Gasteiger partial charge is 0.465 e. The van der Waals surface area contributed by atoms with E-state index in [0.29, 0.717) is 12.0 Å². The van der Waals surface area contributed by atoms with Crippen LogP contribution in [0.3, 0.4) is 0 Å². The zero-order chi connectivity index (χ0) is 18.7. The molecule has 0 amide bonds. The standard InChI is InChI=1S/C21H34O2.C2H6/c1-5-18(15-16(2)3)19-11-13-21(14-12-19)23-17(4)22-20-9-7-6-8-10-20;1-2/h11-14,16-18,20H,5-10,15H2,1-4H3;1-2H3. The SMILES string of the molecule is CC.CCC(CC(C)C)c1ccc(OC(C)OC2CCCCC2)cc1. The van der Waals surface area contributed by atoms with Crippen LogP contribution in [-0.4, -0.2) is 12.4 Å². The van der Waals surface area contributed by atoms with E-state index in [0.717, 1.165) is 11.7 Å². The quantitative estimate of drug-likeness (QED) is 0.458. The van der Waals surface area contributed by atoms with Gasteiger partial charge in [0.05, 0.1) is 6.10 Å². The molecule has 2 atom stereocenters. The van der Waals surface area contributed by atoms with Crippen molar-refractivity contribution in [2.24, 2.45) is 5.92 Å². The highest BCUT2D eigenvalue weighted by Gasteiger charge is 2.17. The number of hydrogen-bond acceptors (Lipinski definition) is 2. The Kier molecular flexibility index (Phi) is 10.9. The first kappa shape index (κ1) is 22.0. The summed E-state index contributed by atoms with van der Waals surface area (Å²) in [5.74, 6) is 2.30. The second-order valence-electron chi connectivity index (χ2n) is 7.39. The van der Waals surface area contributed by atoms with Crippen LogP contribution in [0.15, 0.2) is 24.3 Å². The van der Waals surface area contributed by atoms with Gasteiger partial charge in [0.15, 0.2) is 6.29 Å². The van der Waals surface area contributed by atoms with Gasteiger partial charge in [0.1, 0.15) is 5.75 Å². The maximum absolute atomic E-state index is 6.02. The Balaban J connectivity index is 0.00000151. The highest BCUT2D eigenvalue weighted by Crippen LogP contribution is 2.29. The van der Waals surface area contributed by atoms with Crippen molar-refractivity contribution in [2.45, 2.75) is 105 Å². The average Bonchev–Trinajstić information content (AvgIpc) is 2.63. The lowest BCUT2D eigenvalue weighted by Crippen LogP contribution is -2.26. The summed E-state index contributed by atoms with van der Waals surface area (Å²) in [5, 5.41) is 0. The van der Waals surface area contributed by atoms with Crippen molar-refractivity contribution in [1.82, 2.24) is 0 Å². The van der Waals surface area contributed by atoms with Gasteiger partial charge in [0.25, 0.3) is 0 Å². The molecule has 1 aliphatic rings. The Labute approximate surface area is 156 Å². The molecule has 0 heterocycles. The molecule has 144 valence electrons. The van der Waals surface area contributed by atoms with Crippen LogP contribution in [0.2, 0.25) is 0 Å². The van der Waals surface area contributed by atoms with Crippen LogP contribution in [0.25, 0.3) is 0 Å². The van der Waals surface area contributed by atoms with Crippen LogP contribution < -0.4 is 4.74 Å². The molecule has 0 radical (unpaired) electrons. The molecule has 1 aliphatic carbocycles. The smallest absolute Gasteiger partial charge is 0.197 e. The van der Waals surface area contributed by atoms with E-state index in [9.17, 15) is 0 Å². The second kappa shape index (κ2) is 12.4. The summed E-state index contributed by atoms with van der Waals surface area (Å²) in [6, 6.07) is 8.64. The minimum absolute atomic E-state index is 0.165. The van der Waals surface area contributed by atoms with E-state index in [1.165, 1.54) is 50.5 Å². The molecule has 0 aromatic heterocycles. The van der Waals surface area contributed by atoms with Crippen molar-refractivity contribution >= 4 is 0 Å². The van der Waals surface area contributed by atoms with Gasteiger partial charge in [0, 0.05) is 0 Å². The van der Waals surface area contributed by atoms with Gasteiger partial charge in [-0.15, -0.1) is 0 Å².